The standard InChI is InChI=1S/C23H23FN4O3/c1-26-11-4-12-31-23-27-21(16-5-6-17(14-25)19(24)13-16)20(22(29)28(23)2)15-7-9-18(30-3)10-8-15/h5-10,13,26H,4,11-12H2,1-3H3. The van der Waals surface area contributed by atoms with Crippen molar-refractivity contribution in [2.45, 2.75) is 6.42 Å². The molecule has 7 nitrogen and oxygen atoms in total. The number of hydrogen-bond donors (Lipinski definition) is 1. The van der Waals surface area contributed by atoms with Crippen molar-refractivity contribution in [3.05, 3.63) is 64.2 Å². The minimum atomic E-state index is -0.681. The predicted molar refractivity (Wildman–Crippen MR) is 116 cm³/mol. The number of nitrogens with one attached hydrogen (secondary N) is 1. The van der Waals surface area contributed by atoms with E-state index in [0.717, 1.165) is 13.0 Å². The van der Waals surface area contributed by atoms with Gasteiger partial charge in [-0.15, -0.1) is 0 Å². The van der Waals surface area contributed by atoms with Crippen molar-refractivity contribution in [3.8, 4) is 40.2 Å². The van der Waals surface area contributed by atoms with Gasteiger partial charge in [-0.2, -0.15) is 10.2 Å². The number of nitriles is 1. The maximum Gasteiger partial charge on any atom is 0.299 e. The number of hydrogen-bond acceptors (Lipinski definition) is 6. The van der Waals surface area contributed by atoms with Crippen LogP contribution < -0.4 is 20.3 Å². The molecule has 160 valence electrons. The van der Waals surface area contributed by atoms with Crippen molar-refractivity contribution in [1.29, 1.82) is 5.26 Å². The molecule has 0 fully saturated rings. The Balaban J connectivity index is 2.18. The molecule has 8 heteroatoms. The second kappa shape index (κ2) is 9.87. The second-order valence-corrected chi connectivity index (χ2v) is 6.82. The summed E-state index contributed by atoms with van der Waals surface area (Å²) in [6, 6.07) is 13.0. The van der Waals surface area contributed by atoms with Crippen LogP contribution in [0.4, 0.5) is 4.39 Å². The molecule has 3 aromatic rings. The van der Waals surface area contributed by atoms with E-state index in [4.69, 9.17) is 14.7 Å². The van der Waals surface area contributed by atoms with E-state index in [2.05, 4.69) is 10.3 Å². The van der Waals surface area contributed by atoms with Gasteiger partial charge in [-0.05, 0) is 49.8 Å². The topological polar surface area (TPSA) is 89.2 Å². The average molecular weight is 422 g/mol. The normalized spacial score (nSPS) is 10.5. The van der Waals surface area contributed by atoms with E-state index in [9.17, 15) is 9.18 Å². The zero-order chi connectivity index (χ0) is 22.4. The van der Waals surface area contributed by atoms with E-state index in [-0.39, 0.29) is 22.8 Å². The van der Waals surface area contributed by atoms with Crippen LogP contribution in [-0.2, 0) is 7.05 Å². The summed E-state index contributed by atoms with van der Waals surface area (Å²) in [6.07, 6.45) is 0.730. The molecular formula is C23H23FN4O3. The molecule has 0 bridgehead atoms. The lowest BCUT2D eigenvalue weighted by molar-refractivity contribution is 0.272. The maximum absolute atomic E-state index is 14.3. The third-order valence-electron chi connectivity index (χ3n) is 4.79. The van der Waals surface area contributed by atoms with E-state index >= 15 is 0 Å². The van der Waals surface area contributed by atoms with Gasteiger partial charge in [0.15, 0.2) is 0 Å². The van der Waals surface area contributed by atoms with Crippen LogP contribution in [-0.4, -0.2) is 36.9 Å². The van der Waals surface area contributed by atoms with Crippen LogP contribution in [0.5, 0.6) is 11.8 Å². The van der Waals surface area contributed by atoms with E-state index in [1.807, 2.05) is 7.05 Å². The molecule has 0 unspecified atom stereocenters. The van der Waals surface area contributed by atoms with Gasteiger partial charge in [-0.1, -0.05) is 18.2 Å². The summed E-state index contributed by atoms with van der Waals surface area (Å²) in [5.41, 5.74) is 1.15. The number of methoxy groups -OCH3 is 1. The predicted octanol–water partition coefficient (Wildman–Crippen LogP) is 3.12. The molecular weight excluding hydrogens is 399 g/mol. The molecule has 0 aliphatic carbocycles. The summed E-state index contributed by atoms with van der Waals surface area (Å²) in [7, 11) is 4.98. The highest BCUT2D eigenvalue weighted by atomic mass is 19.1. The molecule has 1 heterocycles. The smallest absolute Gasteiger partial charge is 0.299 e. The van der Waals surface area contributed by atoms with Crippen LogP contribution in [0.2, 0.25) is 0 Å². The van der Waals surface area contributed by atoms with Crippen molar-refractivity contribution in [1.82, 2.24) is 14.9 Å². The largest absolute Gasteiger partial charge is 0.497 e. The molecule has 3 rings (SSSR count). The van der Waals surface area contributed by atoms with Crippen LogP contribution >= 0.6 is 0 Å². The van der Waals surface area contributed by atoms with Gasteiger partial charge >= 0.3 is 0 Å². The van der Waals surface area contributed by atoms with Crippen molar-refractivity contribution in [2.75, 3.05) is 27.3 Å². The minimum Gasteiger partial charge on any atom is -0.497 e. The first kappa shape index (κ1) is 22.0. The summed E-state index contributed by atoms with van der Waals surface area (Å²) < 4.78 is 26.6. The zero-order valence-corrected chi connectivity index (χ0v) is 17.6. The first-order chi connectivity index (χ1) is 15.0. The number of halogens is 1. The number of benzene rings is 2. The van der Waals surface area contributed by atoms with Crippen molar-refractivity contribution < 1.29 is 13.9 Å². The van der Waals surface area contributed by atoms with Crippen LogP contribution in [0.15, 0.2) is 47.3 Å². The van der Waals surface area contributed by atoms with Gasteiger partial charge < -0.3 is 14.8 Å². The lowest BCUT2D eigenvalue weighted by Crippen LogP contribution is -2.24. The first-order valence-electron chi connectivity index (χ1n) is 9.73. The minimum absolute atomic E-state index is 0.0814. The first-order valence-corrected chi connectivity index (χ1v) is 9.73. The molecule has 1 N–H and O–H groups in total. The lowest BCUT2D eigenvalue weighted by atomic mass is 9.99. The van der Waals surface area contributed by atoms with E-state index in [0.29, 0.717) is 29.0 Å². The highest BCUT2D eigenvalue weighted by Gasteiger charge is 2.20. The van der Waals surface area contributed by atoms with Gasteiger partial charge in [0.1, 0.15) is 17.6 Å². The molecule has 0 radical (unpaired) electrons. The maximum atomic E-state index is 14.3. The van der Waals surface area contributed by atoms with Crippen LogP contribution in [0.25, 0.3) is 22.4 Å². The van der Waals surface area contributed by atoms with Crippen LogP contribution in [0, 0.1) is 17.1 Å². The number of ether oxygens (including phenoxy) is 2. The Morgan fingerprint density at radius 3 is 2.52 bits per heavy atom. The molecule has 1 aromatic heterocycles. The molecule has 0 aliphatic heterocycles. The summed E-state index contributed by atoms with van der Waals surface area (Å²) in [5, 5.41) is 12.1. The van der Waals surface area contributed by atoms with Gasteiger partial charge in [0.2, 0.25) is 0 Å². The highest BCUT2D eigenvalue weighted by molar-refractivity contribution is 5.80. The monoisotopic (exact) mass is 422 g/mol. The second-order valence-electron chi connectivity index (χ2n) is 6.82. The van der Waals surface area contributed by atoms with E-state index in [1.54, 1.807) is 50.6 Å². The summed E-state index contributed by atoms with van der Waals surface area (Å²) >= 11 is 0. The Hall–Kier alpha value is -3.70. The molecule has 0 saturated heterocycles. The molecule has 31 heavy (non-hydrogen) atoms. The summed E-state index contributed by atoms with van der Waals surface area (Å²) in [6.45, 7) is 1.12. The van der Waals surface area contributed by atoms with Gasteiger partial charge in [-0.3, -0.25) is 9.36 Å². The fourth-order valence-electron chi connectivity index (χ4n) is 3.10. The third kappa shape index (κ3) is 4.73. The molecule has 0 saturated carbocycles. The van der Waals surface area contributed by atoms with Gasteiger partial charge in [0.25, 0.3) is 11.6 Å². The Kier molecular flexibility index (Phi) is 7.00. The third-order valence-corrected chi connectivity index (χ3v) is 4.79. The molecule has 0 aliphatic rings. The SMILES string of the molecule is CNCCCOc1nc(-c2ccc(C#N)c(F)c2)c(-c2ccc(OC)cc2)c(=O)n1C. The molecule has 2 aromatic carbocycles. The fraction of sp³-hybridized carbons (Fsp3) is 0.261. The summed E-state index contributed by atoms with van der Waals surface area (Å²) in [5.74, 6) is -0.0383. The molecule has 0 atom stereocenters. The van der Waals surface area contributed by atoms with Crippen molar-refractivity contribution >= 4 is 0 Å². The van der Waals surface area contributed by atoms with Crippen molar-refractivity contribution in [3.63, 3.8) is 0 Å². The number of rotatable bonds is 8. The van der Waals surface area contributed by atoms with E-state index < -0.39 is 5.82 Å². The Bertz CT molecular complexity index is 1170. The van der Waals surface area contributed by atoms with Gasteiger partial charge in [0.05, 0.1) is 30.5 Å². The molecule has 0 spiro atoms. The summed E-state index contributed by atoms with van der Waals surface area (Å²) in [4.78, 5) is 17.8. The zero-order valence-electron chi connectivity index (χ0n) is 17.6. The Morgan fingerprint density at radius 2 is 1.90 bits per heavy atom. The van der Waals surface area contributed by atoms with Crippen molar-refractivity contribution in [2.24, 2.45) is 7.05 Å². The molecule has 0 amide bonds. The van der Waals surface area contributed by atoms with E-state index in [1.165, 1.54) is 16.7 Å². The number of nitrogens with zero attached hydrogens (tertiary/aromatic N) is 3. The lowest BCUT2D eigenvalue weighted by Gasteiger charge is -2.15. The average Bonchev–Trinajstić information content (AvgIpc) is 2.79. The van der Waals surface area contributed by atoms with Gasteiger partial charge in [-0.25, -0.2) is 4.39 Å². The Morgan fingerprint density at radius 1 is 1.19 bits per heavy atom. The van der Waals surface area contributed by atoms with Crippen LogP contribution in [0.3, 0.4) is 0 Å². The Labute approximate surface area is 179 Å². The fourth-order valence-corrected chi connectivity index (χ4v) is 3.10. The highest BCUT2D eigenvalue weighted by Crippen LogP contribution is 2.31. The van der Waals surface area contributed by atoms with Gasteiger partial charge in [0, 0.05) is 12.6 Å². The number of aromatic nitrogens is 2. The van der Waals surface area contributed by atoms with Crippen LogP contribution in [0.1, 0.15) is 12.0 Å². The quantitative estimate of drug-likeness (QED) is 0.561.